The number of alkyl carbamates (subject to hydrolysis) is 1. The molecule has 12 heteroatoms. The Kier molecular flexibility index (Phi) is 6.95. The zero-order chi connectivity index (χ0) is 24.2. The molecule has 0 unspecified atom stereocenters. The molecule has 0 saturated carbocycles. The lowest BCUT2D eigenvalue weighted by Gasteiger charge is -2.20. The van der Waals surface area contributed by atoms with E-state index in [0.717, 1.165) is 6.20 Å². The predicted molar refractivity (Wildman–Crippen MR) is 118 cm³/mol. The molecule has 1 atom stereocenters. The van der Waals surface area contributed by atoms with Gasteiger partial charge in [-0.05, 0) is 52.0 Å². The van der Waals surface area contributed by atoms with Crippen LogP contribution in [-0.4, -0.2) is 44.4 Å². The van der Waals surface area contributed by atoms with Gasteiger partial charge < -0.3 is 20.1 Å². The van der Waals surface area contributed by atoms with Crippen molar-refractivity contribution in [3.8, 4) is 5.75 Å². The van der Waals surface area contributed by atoms with E-state index >= 15 is 0 Å². The fraction of sp³-hybridized carbons (Fsp3) is 0.381. The molecule has 11 nitrogen and oxygen atoms in total. The monoisotopic (exact) mass is 460 g/mol. The molecule has 0 aliphatic heterocycles. The number of nitro groups is 1. The molecule has 0 spiro atoms. The van der Waals surface area contributed by atoms with E-state index < -0.39 is 28.5 Å². The summed E-state index contributed by atoms with van der Waals surface area (Å²) in [5.74, 6) is 0.312. The number of hydrogen-bond donors (Lipinski definition) is 2. The van der Waals surface area contributed by atoms with Crippen LogP contribution in [0.15, 0.2) is 36.7 Å². The molecular weight excluding hydrogens is 435 g/mol. The largest absolute Gasteiger partial charge is 0.491 e. The van der Waals surface area contributed by atoms with Crippen molar-refractivity contribution in [2.45, 2.75) is 39.3 Å². The summed E-state index contributed by atoms with van der Waals surface area (Å²) in [5.41, 5.74) is -0.235. The van der Waals surface area contributed by atoms with E-state index in [2.05, 4.69) is 20.7 Å². The van der Waals surface area contributed by atoms with Crippen molar-refractivity contribution in [1.29, 1.82) is 0 Å². The van der Waals surface area contributed by atoms with Gasteiger partial charge in [-0.25, -0.2) is 18.7 Å². The van der Waals surface area contributed by atoms with Crippen molar-refractivity contribution >= 4 is 23.2 Å². The van der Waals surface area contributed by atoms with E-state index in [0.29, 0.717) is 17.1 Å². The van der Waals surface area contributed by atoms with Gasteiger partial charge >= 0.3 is 11.8 Å². The van der Waals surface area contributed by atoms with E-state index in [9.17, 15) is 19.3 Å². The van der Waals surface area contributed by atoms with E-state index in [4.69, 9.17) is 9.47 Å². The molecule has 0 bridgehead atoms. The molecule has 1 aromatic carbocycles. The molecule has 33 heavy (non-hydrogen) atoms. The van der Waals surface area contributed by atoms with Gasteiger partial charge in [-0.15, -0.1) is 0 Å². The molecule has 176 valence electrons. The van der Waals surface area contributed by atoms with Crippen molar-refractivity contribution in [3.63, 3.8) is 0 Å². The van der Waals surface area contributed by atoms with E-state index in [1.807, 2.05) is 0 Å². The topological polar surface area (TPSA) is 133 Å². The summed E-state index contributed by atoms with van der Waals surface area (Å²) in [6.07, 6.45) is 2.10. The third-order valence-corrected chi connectivity index (χ3v) is 4.38. The minimum absolute atomic E-state index is 0.0844. The van der Waals surface area contributed by atoms with E-state index in [1.54, 1.807) is 33.8 Å². The van der Waals surface area contributed by atoms with Crippen LogP contribution in [0, 0.1) is 15.9 Å². The summed E-state index contributed by atoms with van der Waals surface area (Å²) in [4.78, 5) is 26.6. The highest BCUT2D eigenvalue weighted by molar-refractivity contribution is 5.67. The maximum absolute atomic E-state index is 13.9. The number of benzene rings is 1. The van der Waals surface area contributed by atoms with Gasteiger partial charge in [0.2, 0.25) is 5.65 Å². The van der Waals surface area contributed by atoms with Crippen LogP contribution in [0.2, 0.25) is 0 Å². The Morgan fingerprint density at radius 3 is 2.79 bits per heavy atom. The van der Waals surface area contributed by atoms with Crippen LogP contribution in [-0.2, 0) is 4.74 Å². The van der Waals surface area contributed by atoms with Crippen LogP contribution >= 0.6 is 0 Å². The number of amides is 1. The Bertz CT molecular complexity index is 1160. The van der Waals surface area contributed by atoms with Crippen molar-refractivity contribution in [3.05, 3.63) is 58.2 Å². The molecule has 0 saturated heterocycles. The van der Waals surface area contributed by atoms with Gasteiger partial charge in [0.05, 0.1) is 17.5 Å². The lowest BCUT2D eigenvalue weighted by molar-refractivity contribution is -0.383. The lowest BCUT2D eigenvalue weighted by atomic mass is 10.1. The van der Waals surface area contributed by atoms with Crippen molar-refractivity contribution in [2.24, 2.45) is 0 Å². The molecule has 2 heterocycles. The predicted octanol–water partition coefficient (Wildman–Crippen LogP) is 3.85. The maximum atomic E-state index is 13.9. The summed E-state index contributed by atoms with van der Waals surface area (Å²) in [7, 11) is 0. The van der Waals surface area contributed by atoms with Crippen molar-refractivity contribution in [1.82, 2.24) is 19.9 Å². The Morgan fingerprint density at radius 1 is 1.33 bits per heavy atom. The number of ether oxygens (including phenoxy) is 2. The molecule has 0 aliphatic rings. The Morgan fingerprint density at radius 2 is 2.09 bits per heavy atom. The standard InChI is InChI=1S/C21H25FN6O5/c1-13(25-18-7-9-27-19(26-18)16(12-24-27)28(30)31)15-11-14(22)5-6-17(15)32-10-8-23-20(29)33-21(2,3)4/h5-7,9,11-13H,8,10H2,1-4H3,(H,23,29)(H,25,26)/t13-/m1/s1. The van der Waals surface area contributed by atoms with Gasteiger partial charge in [-0.3, -0.25) is 10.1 Å². The first-order valence-electron chi connectivity index (χ1n) is 10.2. The molecule has 0 radical (unpaired) electrons. The summed E-state index contributed by atoms with van der Waals surface area (Å²) in [6, 6.07) is 5.24. The summed E-state index contributed by atoms with van der Waals surface area (Å²) >= 11 is 0. The maximum Gasteiger partial charge on any atom is 0.407 e. The van der Waals surface area contributed by atoms with E-state index in [1.165, 1.54) is 28.9 Å². The minimum Gasteiger partial charge on any atom is -0.491 e. The summed E-state index contributed by atoms with van der Waals surface area (Å²) in [6.45, 7) is 7.39. The average molecular weight is 460 g/mol. The van der Waals surface area contributed by atoms with Crippen molar-refractivity contribution < 1.29 is 23.6 Å². The first-order chi connectivity index (χ1) is 15.5. The second kappa shape index (κ2) is 9.67. The number of halogens is 1. The molecule has 3 rings (SSSR count). The number of fused-ring (bicyclic) bond motifs is 1. The Labute approximate surface area is 189 Å². The van der Waals surface area contributed by atoms with Crippen molar-refractivity contribution in [2.75, 3.05) is 18.5 Å². The zero-order valence-corrected chi connectivity index (χ0v) is 18.7. The van der Waals surface area contributed by atoms with Gasteiger partial charge in [0.15, 0.2) is 0 Å². The normalized spacial score (nSPS) is 12.3. The van der Waals surface area contributed by atoms with Crippen LogP contribution in [0.1, 0.15) is 39.3 Å². The fourth-order valence-electron chi connectivity index (χ4n) is 2.98. The summed E-state index contributed by atoms with van der Waals surface area (Å²) in [5, 5.41) is 20.7. The van der Waals surface area contributed by atoms with Crippen LogP contribution in [0.4, 0.5) is 20.7 Å². The van der Waals surface area contributed by atoms with Crippen LogP contribution < -0.4 is 15.4 Å². The molecule has 2 N–H and O–H groups in total. The van der Waals surface area contributed by atoms with Gasteiger partial charge in [0.25, 0.3) is 0 Å². The van der Waals surface area contributed by atoms with Gasteiger partial charge in [-0.2, -0.15) is 5.10 Å². The quantitative estimate of drug-likeness (QED) is 0.294. The molecule has 3 aromatic rings. The zero-order valence-electron chi connectivity index (χ0n) is 18.7. The van der Waals surface area contributed by atoms with Gasteiger partial charge in [0, 0.05) is 11.8 Å². The number of anilines is 1. The number of hydrogen-bond acceptors (Lipinski definition) is 8. The number of carbonyl (C=O) groups excluding carboxylic acids is 1. The van der Waals surface area contributed by atoms with Gasteiger partial charge in [0.1, 0.15) is 35.8 Å². The lowest BCUT2D eigenvalue weighted by Crippen LogP contribution is -2.34. The van der Waals surface area contributed by atoms with Gasteiger partial charge in [-0.1, -0.05) is 0 Å². The second-order valence-electron chi connectivity index (χ2n) is 8.19. The first kappa shape index (κ1) is 23.7. The summed E-state index contributed by atoms with van der Waals surface area (Å²) < 4.78 is 26.1. The van der Waals surface area contributed by atoms with Crippen LogP contribution in [0.3, 0.4) is 0 Å². The molecule has 1 amide bonds. The first-order valence-corrected chi connectivity index (χ1v) is 10.2. The highest BCUT2D eigenvalue weighted by Gasteiger charge is 2.19. The molecular formula is C21H25FN6O5. The molecule has 0 aliphatic carbocycles. The Hall–Kier alpha value is -3.96. The minimum atomic E-state index is -0.607. The smallest absolute Gasteiger partial charge is 0.407 e. The third kappa shape index (κ3) is 6.28. The number of aromatic nitrogens is 3. The SMILES string of the molecule is C[C@@H](Nc1ccn2ncc([N+](=O)[O-])c2n1)c1cc(F)ccc1OCCNC(=O)OC(C)(C)C. The third-order valence-electron chi connectivity index (χ3n) is 4.38. The average Bonchev–Trinajstić information content (AvgIpc) is 3.14. The molecule has 0 fully saturated rings. The highest BCUT2D eigenvalue weighted by atomic mass is 19.1. The Balaban J connectivity index is 1.68. The highest BCUT2D eigenvalue weighted by Crippen LogP contribution is 2.29. The van der Waals surface area contributed by atoms with E-state index in [-0.39, 0.29) is 24.5 Å². The number of carbonyl (C=O) groups is 1. The fourth-order valence-corrected chi connectivity index (χ4v) is 2.98. The number of rotatable bonds is 8. The molecule has 2 aromatic heterocycles. The van der Waals surface area contributed by atoms with Crippen LogP contribution in [0.5, 0.6) is 5.75 Å². The number of nitrogens with zero attached hydrogens (tertiary/aromatic N) is 4. The number of nitrogens with one attached hydrogen (secondary N) is 2. The van der Waals surface area contributed by atoms with Crippen LogP contribution in [0.25, 0.3) is 5.65 Å². The second-order valence-corrected chi connectivity index (χ2v) is 8.19.